The van der Waals surface area contributed by atoms with Crippen molar-refractivity contribution in [2.24, 2.45) is 0 Å². The van der Waals surface area contributed by atoms with Crippen molar-refractivity contribution >= 4 is 28.3 Å². The molecule has 7 nitrogen and oxygen atoms in total. The second kappa shape index (κ2) is 6.93. The first-order chi connectivity index (χ1) is 11.1. The summed E-state index contributed by atoms with van der Waals surface area (Å²) in [7, 11) is 0. The topological polar surface area (TPSA) is 78.7 Å². The minimum atomic E-state index is -0.0997. The molecule has 0 spiro atoms. The highest BCUT2D eigenvalue weighted by molar-refractivity contribution is 7.15. The van der Waals surface area contributed by atoms with Crippen molar-refractivity contribution in [2.45, 2.75) is 6.92 Å². The number of aryl methyl sites for hydroxylation is 1. The van der Waals surface area contributed by atoms with E-state index in [1.165, 1.54) is 17.6 Å². The van der Waals surface area contributed by atoms with Gasteiger partial charge in [-0.25, -0.2) is 4.98 Å². The van der Waals surface area contributed by atoms with Gasteiger partial charge in [0.05, 0.1) is 12.8 Å². The van der Waals surface area contributed by atoms with Crippen LogP contribution < -0.4 is 5.32 Å². The number of thiazole rings is 1. The summed E-state index contributed by atoms with van der Waals surface area (Å²) in [6.07, 6.45) is 3.23. The summed E-state index contributed by atoms with van der Waals surface area (Å²) in [5, 5.41) is 3.42. The Morgan fingerprint density at radius 1 is 1.35 bits per heavy atom. The summed E-state index contributed by atoms with van der Waals surface area (Å²) in [6.45, 7) is 4.75. The number of nitrogens with zero attached hydrogens (tertiary/aromatic N) is 3. The Morgan fingerprint density at radius 2 is 2.13 bits per heavy atom. The number of aromatic nitrogens is 1. The van der Waals surface area contributed by atoms with Crippen molar-refractivity contribution in [3.8, 4) is 0 Å². The maximum atomic E-state index is 12.2. The molecule has 122 valence electrons. The molecule has 2 aromatic heterocycles. The van der Waals surface area contributed by atoms with Gasteiger partial charge in [-0.05, 0) is 19.1 Å². The van der Waals surface area contributed by atoms with E-state index in [0.717, 1.165) is 4.88 Å². The Hall–Kier alpha value is -2.19. The number of anilines is 1. The van der Waals surface area contributed by atoms with Crippen molar-refractivity contribution in [3.63, 3.8) is 0 Å². The van der Waals surface area contributed by atoms with Crippen molar-refractivity contribution in [1.82, 2.24) is 14.8 Å². The summed E-state index contributed by atoms with van der Waals surface area (Å²) >= 11 is 1.46. The molecule has 1 aliphatic heterocycles. The van der Waals surface area contributed by atoms with Crippen LogP contribution >= 0.6 is 11.3 Å². The molecule has 1 fully saturated rings. The van der Waals surface area contributed by atoms with Crippen LogP contribution in [0.25, 0.3) is 0 Å². The molecule has 3 rings (SSSR count). The molecule has 0 bridgehead atoms. The number of nitrogens with one attached hydrogen (secondary N) is 1. The molecule has 1 N–H and O–H groups in total. The van der Waals surface area contributed by atoms with Gasteiger partial charge in [0, 0.05) is 37.3 Å². The average molecular weight is 334 g/mol. The van der Waals surface area contributed by atoms with E-state index in [1.807, 2.05) is 11.8 Å². The quantitative estimate of drug-likeness (QED) is 0.915. The van der Waals surface area contributed by atoms with Crippen LogP contribution in [-0.4, -0.2) is 59.3 Å². The van der Waals surface area contributed by atoms with E-state index in [1.54, 1.807) is 23.2 Å². The second-order valence-electron chi connectivity index (χ2n) is 5.37. The van der Waals surface area contributed by atoms with Gasteiger partial charge < -0.3 is 14.6 Å². The zero-order valence-electron chi connectivity index (χ0n) is 12.8. The van der Waals surface area contributed by atoms with Gasteiger partial charge in [-0.15, -0.1) is 11.3 Å². The normalized spacial score (nSPS) is 15.6. The molecule has 1 saturated heterocycles. The largest absolute Gasteiger partial charge is 0.459 e. The first kappa shape index (κ1) is 15.7. The predicted molar refractivity (Wildman–Crippen MR) is 86.5 cm³/mol. The van der Waals surface area contributed by atoms with Gasteiger partial charge in [-0.3, -0.25) is 14.5 Å². The van der Waals surface area contributed by atoms with Gasteiger partial charge in [0.2, 0.25) is 5.91 Å². The fourth-order valence-electron chi connectivity index (χ4n) is 2.44. The first-order valence-electron chi connectivity index (χ1n) is 7.39. The van der Waals surface area contributed by atoms with E-state index in [2.05, 4.69) is 10.3 Å². The number of hydrogen-bond acceptors (Lipinski definition) is 6. The lowest BCUT2D eigenvalue weighted by Gasteiger charge is -2.33. The molecule has 8 heteroatoms. The molecular formula is C15H18N4O3S. The number of furan rings is 1. The molecular weight excluding hydrogens is 316 g/mol. The maximum Gasteiger partial charge on any atom is 0.289 e. The minimum Gasteiger partial charge on any atom is -0.459 e. The lowest BCUT2D eigenvalue weighted by molar-refractivity contribution is -0.117. The minimum absolute atomic E-state index is 0.0786. The Bertz CT molecular complexity index is 675. The van der Waals surface area contributed by atoms with Crippen molar-refractivity contribution in [2.75, 3.05) is 38.0 Å². The van der Waals surface area contributed by atoms with E-state index in [0.29, 0.717) is 43.6 Å². The predicted octanol–water partition coefficient (Wildman–Crippen LogP) is 1.44. The van der Waals surface area contributed by atoms with E-state index in [9.17, 15) is 9.59 Å². The lowest BCUT2D eigenvalue weighted by Crippen LogP contribution is -2.50. The molecule has 2 aromatic rings. The van der Waals surface area contributed by atoms with Crippen LogP contribution in [0.4, 0.5) is 5.13 Å². The Morgan fingerprint density at radius 3 is 2.74 bits per heavy atom. The summed E-state index contributed by atoms with van der Waals surface area (Å²) in [5.41, 5.74) is 0. The van der Waals surface area contributed by atoms with Crippen LogP contribution in [-0.2, 0) is 4.79 Å². The summed E-state index contributed by atoms with van der Waals surface area (Å²) in [4.78, 5) is 33.1. The van der Waals surface area contributed by atoms with E-state index < -0.39 is 0 Å². The number of amides is 2. The zero-order chi connectivity index (χ0) is 16.2. The lowest BCUT2D eigenvalue weighted by atomic mass is 10.3. The zero-order valence-corrected chi connectivity index (χ0v) is 13.6. The first-order valence-corrected chi connectivity index (χ1v) is 8.21. The molecule has 0 unspecified atom stereocenters. The average Bonchev–Trinajstić information content (AvgIpc) is 3.19. The Labute approximate surface area is 137 Å². The Balaban J connectivity index is 1.45. The van der Waals surface area contributed by atoms with Crippen LogP contribution in [0.2, 0.25) is 0 Å². The van der Waals surface area contributed by atoms with E-state index in [-0.39, 0.29) is 11.8 Å². The van der Waals surface area contributed by atoms with Gasteiger partial charge in [-0.1, -0.05) is 0 Å². The van der Waals surface area contributed by atoms with Crippen LogP contribution in [0.15, 0.2) is 29.0 Å². The van der Waals surface area contributed by atoms with Gasteiger partial charge in [0.25, 0.3) is 5.91 Å². The van der Waals surface area contributed by atoms with Gasteiger partial charge in [0.1, 0.15) is 0 Å². The number of rotatable bonds is 4. The number of piperazine rings is 1. The molecule has 0 radical (unpaired) electrons. The molecule has 0 aromatic carbocycles. The van der Waals surface area contributed by atoms with Gasteiger partial charge >= 0.3 is 0 Å². The van der Waals surface area contributed by atoms with Gasteiger partial charge in [0.15, 0.2) is 10.9 Å². The number of carbonyl (C=O) groups is 2. The second-order valence-corrected chi connectivity index (χ2v) is 6.60. The highest BCUT2D eigenvalue weighted by Crippen LogP contribution is 2.16. The third-order valence-electron chi connectivity index (χ3n) is 3.63. The molecule has 2 amide bonds. The highest BCUT2D eigenvalue weighted by atomic mass is 32.1. The maximum absolute atomic E-state index is 12.2. The van der Waals surface area contributed by atoms with Crippen LogP contribution in [0.5, 0.6) is 0 Å². The molecule has 0 atom stereocenters. The summed E-state index contributed by atoms with van der Waals surface area (Å²) < 4.78 is 5.13. The molecule has 0 aliphatic carbocycles. The molecule has 3 heterocycles. The SMILES string of the molecule is Cc1cnc(NC(=O)CN2CCN(C(=O)c3ccco3)CC2)s1. The van der Waals surface area contributed by atoms with Crippen LogP contribution in [0, 0.1) is 6.92 Å². The third kappa shape index (κ3) is 3.96. The Kier molecular flexibility index (Phi) is 4.73. The molecule has 23 heavy (non-hydrogen) atoms. The monoisotopic (exact) mass is 334 g/mol. The van der Waals surface area contributed by atoms with Gasteiger partial charge in [-0.2, -0.15) is 0 Å². The van der Waals surface area contributed by atoms with Crippen LogP contribution in [0.1, 0.15) is 15.4 Å². The fraction of sp³-hybridized carbons (Fsp3) is 0.400. The van der Waals surface area contributed by atoms with Crippen molar-refractivity contribution in [1.29, 1.82) is 0 Å². The smallest absolute Gasteiger partial charge is 0.289 e. The van der Waals surface area contributed by atoms with Crippen molar-refractivity contribution in [3.05, 3.63) is 35.2 Å². The van der Waals surface area contributed by atoms with E-state index in [4.69, 9.17) is 4.42 Å². The standard InChI is InChI=1S/C15H18N4O3S/c1-11-9-16-15(23-11)17-13(20)10-18-4-6-19(7-5-18)14(21)12-3-2-8-22-12/h2-3,8-9H,4-7,10H2,1H3,(H,16,17,20). The number of hydrogen-bond donors (Lipinski definition) is 1. The van der Waals surface area contributed by atoms with Crippen molar-refractivity contribution < 1.29 is 14.0 Å². The number of carbonyl (C=O) groups excluding carboxylic acids is 2. The molecule has 0 saturated carbocycles. The summed E-state index contributed by atoms with van der Waals surface area (Å²) in [6, 6.07) is 3.37. The van der Waals surface area contributed by atoms with Crippen LogP contribution in [0.3, 0.4) is 0 Å². The fourth-order valence-corrected chi connectivity index (χ4v) is 3.12. The highest BCUT2D eigenvalue weighted by Gasteiger charge is 2.24. The van der Waals surface area contributed by atoms with E-state index >= 15 is 0 Å². The molecule has 1 aliphatic rings. The summed E-state index contributed by atoms with van der Waals surface area (Å²) in [5.74, 6) is 0.179. The third-order valence-corrected chi connectivity index (χ3v) is 4.45.